The van der Waals surface area contributed by atoms with E-state index in [-0.39, 0.29) is 0 Å². The topological polar surface area (TPSA) is 50.9 Å². The van der Waals surface area contributed by atoms with E-state index in [9.17, 15) is 0 Å². The summed E-state index contributed by atoms with van der Waals surface area (Å²) in [5.74, 6) is 1.55. The van der Waals surface area contributed by atoms with Crippen molar-refractivity contribution in [2.24, 2.45) is 11.7 Å². The minimum Gasteiger partial charge on any atom is -0.370 e. The van der Waals surface area contributed by atoms with Crippen LogP contribution in [-0.2, 0) is 0 Å². The first-order chi connectivity index (χ1) is 6.72. The summed E-state index contributed by atoms with van der Waals surface area (Å²) in [4.78, 5) is 4.36. The molecule has 3 nitrogen and oxygen atoms in total. The highest BCUT2D eigenvalue weighted by atomic mass is 15.0. The van der Waals surface area contributed by atoms with E-state index in [4.69, 9.17) is 5.73 Å². The molecule has 0 saturated heterocycles. The van der Waals surface area contributed by atoms with Crippen molar-refractivity contribution in [1.82, 2.24) is 4.98 Å². The third-order valence-corrected chi connectivity index (χ3v) is 2.18. The Labute approximate surface area is 85.7 Å². The van der Waals surface area contributed by atoms with Crippen LogP contribution in [0.2, 0.25) is 0 Å². The number of anilines is 1. The molecule has 1 aromatic rings. The minimum absolute atomic E-state index is 0.599. The molecule has 0 spiro atoms. The molecule has 0 aliphatic carbocycles. The summed E-state index contributed by atoms with van der Waals surface area (Å²) >= 11 is 0. The van der Waals surface area contributed by atoms with Crippen LogP contribution in [0.3, 0.4) is 0 Å². The molecule has 0 aliphatic rings. The Morgan fingerprint density at radius 1 is 1.50 bits per heavy atom. The molecule has 0 saturated carbocycles. The molecular formula is C11H19N3. The second kappa shape index (κ2) is 5.60. The van der Waals surface area contributed by atoms with E-state index in [0.29, 0.717) is 5.92 Å². The van der Waals surface area contributed by atoms with Crippen LogP contribution in [0.1, 0.15) is 19.0 Å². The number of pyridine rings is 1. The molecule has 1 heterocycles. The average molecular weight is 193 g/mol. The second-order valence-corrected chi connectivity index (χ2v) is 3.73. The SMILES string of the molecule is Cc1cccc(NCC(C)CCN)n1. The van der Waals surface area contributed by atoms with Crippen LogP contribution in [0, 0.1) is 12.8 Å². The number of nitrogens with one attached hydrogen (secondary N) is 1. The summed E-state index contributed by atoms with van der Waals surface area (Å²) in [6.45, 7) is 5.88. The maximum atomic E-state index is 5.48. The lowest BCUT2D eigenvalue weighted by molar-refractivity contribution is 0.567. The van der Waals surface area contributed by atoms with Gasteiger partial charge in [-0.3, -0.25) is 0 Å². The molecule has 1 unspecified atom stereocenters. The van der Waals surface area contributed by atoms with E-state index in [2.05, 4.69) is 17.2 Å². The summed E-state index contributed by atoms with van der Waals surface area (Å²) < 4.78 is 0. The van der Waals surface area contributed by atoms with Gasteiger partial charge in [0.15, 0.2) is 0 Å². The Hall–Kier alpha value is -1.09. The molecule has 1 aromatic heterocycles. The molecule has 0 amide bonds. The van der Waals surface area contributed by atoms with E-state index < -0.39 is 0 Å². The van der Waals surface area contributed by atoms with E-state index in [0.717, 1.165) is 31.0 Å². The highest BCUT2D eigenvalue weighted by Crippen LogP contribution is 2.06. The second-order valence-electron chi connectivity index (χ2n) is 3.73. The van der Waals surface area contributed by atoms with Gasteiger partial charge in [0.1, 0.15) is 5.82 Å². The number of aromatic nitrogens is 1. The fraction of sp³-hybridized carbons (Fsp3) is 0.545. The molecule has 0 bridgehead atoms. The lowest BCUT2D eigenvalue weighted by atomic mass is 10.1. The van der Waals surface area contributed by atoms with Crippen molar-refractivity contribution >= 4 is 5.82 Å². The quantitative estimate of drug-likeness (QED) is 0.749. The van der Waals surface area contributed by atoms with Gasteiger partial charge in [0.25, 0.3) is 0 Å². The van der Waals surface area contributed by atoms with Gasteiger partial charge >= 0.3 is 0 Å². The number of aryl methyl sites for hydroxylation is 1. The molecule has 14 heavy (non-hydrogen) atoms. The van der Waals surface area contributed by atoms with Gasteiger partial charge in [0, 0.05) is 12.2 Å². The summed E-state index contributed by atoms with van der Waals surface area (Å²) in [6, 6.07) is 5.99. The van der Waals surface area contributed by atoms with E-state index in [1.54, 1.807) is 0 Å². The van der Waals surface area contributed by atoms with E-state index in [1.807, 2.05) is 25.1 Å². The molecule has 0 aliphatic heterocycles. The van der Waals surface area contributed by atoms with Gasteiger partial charge in [0.2, 0.25) is 0 Å². The molecule has 1 atom stereocenters. The normalized spacial score (nSPS) is 12.5. The Morgan fingerprint density at radius 3 is 2.93 bits per heavy atom. The summed E-state index contributed by atoms with van der Waals surface area (Å²) in [7, 11) is 0. The predicted molar refractivity (Wildman–Crippen MR) is 60.3 cm³/mol. The molecule has 0 radical (unpaired) electrons. The lowest BCUT2D eigenvalue weighted by Gasteiger charge is -2.11. The first-order valence-electron chi connectivity index (χ1n) is 5.10. The highest BCUT2D eigenvalue weighted by Gasteiger charge is 2.00. The van der Waals surface area contributed by atoms with E-state index >= 15 is 0 Å². The Kier molecular flexibility index (Phi) is 4.40. The first-order valence-corrected chi connectivity index (χ1v) is 5.10. The number of hydrogen-bond acceptors (Lipinski definition) is 3. The zero-order chi connectivity index (χ0) is 10.4. The van der Waals surface area contributed by atoms with Crippen molar-refractivity contribution in [3.8, 4) is 0 Å². The molecule has 3 heteroatoms. The van der Waals surface area contributed by atoms with Crippen LogP contribution in [0.25, 0.3) is 0 Å². The van der Waals surface area contributed by atoms with Gasteiger partial charge < -0.3 is 11.1 Å². The number of nitrogens with two attached hydrogens (primary N) is 1. The fourth-order valence-electron chi connectivity index (χ4n) is 1.31. The number of nitrogens with zero attached hydrogens (tertiary/aromatic N) is 1. The molecular weight excluding hydrogens is 174 g/mol. The average Bonchev–Trinajstić information content (AvgIpc) is 2.15. The molecule has 0 fully saturated rings. The predicted octanol–water partition coefficient (Wildman–Crippen LogP) is 1.79. The Balaban J connectivity index is 2.37. The minimum atomic E-state index is 0.599. The van der Waals surface area contributed by atoms with Gasteiger partial charge in [-0.05, 0) is 37.9 Å². The zero-order valence-corrected chi connectivity index (χ0v) is 8.96. The maximum absolute atomic E-state index is 5.48. The summed E-state index contributed by atoms with van der Waals surface area (Å²) in [5.41, 5.74) is 6.52. The standard InChI is InChI=1S/C11H19N3/c1-9(6-7-12)8-13-11-5-3-4-10(2)14-11/h3-5,9H,6-8,12H2,1-2H3,(H,13,14). The van der Waals surface area contributed by atoms with Crippen molar-refractivity contribution in [2.45, 2.75) is 20.3 Å². The number of rotatable bonds is 5. The van der Waals surface area contributed by atoms with Gasteiger partial charge in [-0.1, -0.05) is 13.0 Å². The molecule has 78 valence electrons. The summed E-state index contributed by atoms with van der Waals surface area (Å²) in [5, 5.41) is 3.30. The van der Waals surface area contributed by atoms with Gasteiger partial charge in [-0.15, -0.1) is 0 Å². The van der Waals surface area contributed by atoms with Crippen molar-refractivity contribution in [3.05, 3.63) is 23.9 Å². The van der Waals surface area contributed by atoms with Gasteiger partial charge in [0.05, 0.1) is 0 Å². The van der Waals surface area contributed by atoms with Crippen LogP contribution < -0.4 is 11.1 Å². The smallest absolute Gasteiger partial charge is 0.126 e. The third-order valence-electron chi connectivity index (χ3n) is 2.18. The fourth-order valence-corrected chi connectivity index (χ4v) is 1.31. The van der Waals surface area contributed by atoms with Crippen molar-refractivity contribution in [2.75, 3.05) is 18.4 Å². The third kappa shape index (κ3) is 3.75. The first kappa shape index (κ1) is 11.0. The highest BCUT2D eigenvalue weighted by molar-refractivity contribution is 5.34. The van der Waals surface area contributed by atoms with Crippen molar-refractivity contribution in [1.29, 1.82) is 0 Å². The van der Waals surface area contributed by atoms with Crippen molar-refractivity contribution in [3.63, 3.8) is 0 Å². The zero-order valence-electron chi connectivity index (χ0n) is 8.96. The maximum Gasteiger partial charge on any atom is 0.126 e. The van der Waals surface area contributed by atoms with Crippen LogP contribution in [0.4, 0.5) is 5.82 Å². The van der Waals surface area contributed by atoms with Crippen LogP contribution in [0.5, 0.6) is 0 Å². The Bertz CT molecular complexity index is 273. The summed E-state index contributed by atoms with van der Waals surface area (Å²) in [6.07, 6.45) is 1.05. The van der Waals surface area contributed by atoms with Crippen LogP contribution in [-0.4, -0.2) is 18.1 Å². The molecule has 0 aromatic carbocycles. The van der Waals surface area contributed by atoms with Gasteiger partial charge in [-0.2, -0.15) is 0 Å². The Morgan fingerprint density at radius 2 is 2.29 bits per heavy atom. The largest absolute Gasteiger partial charge is 0.370 e. The lowest BCUT2D eigenvalue weighted by Crippen LogP contribution is -2.15. The molecule has 3 N–H and O–H groups in total. The molecule has 1 rings (SSSR count). The van der Waals surface area contributed by atoms with Crippen molar-refractivity contribution < 1.29 is 0 Å². The monoisotopic (exact) mass is 193 g/mol. The van der Waals surface area contributed by atoms with Crippen LogP contribution in [0.15, 0.2) is 18.2 Å². The van der Waals surface area contributed by atoms with Gasteiger partial charge in [-0.25, -0.2) is 4.98 Å². The number of hydrogen-bond donors (Lipinski definition) is 2. The van der Waals surface area contributed by atoms with Crippen LogP contribution >= 0.6 is 0 Å². The van der Waals surface area contributed by atoms with E-state index in [1.165, 1.54) is 0 Å².